The van der Waals surface area contributed by atoms with E-state index in [9.17, 15) is 38.2 Å². The van der Waals surface area contributed by atoms with Crippen LogP contribution in [-0.2, 0) is 6.18 Å². The van der Waals surface area contributed by atoms with Gasteiger partial charge in [0, 0.05) is 27.7 Å². The molecule has 0 radical (unpaired) electrons. The molecule has 0 aromatic heterocycles. The Hall–Kier alpha value is -3.58. The van der Waals surface area contributed by atoms with E-state index in [0.29, 0.717) is 10.0 Å². The summed E-state index contributed by atoms with van der Waals surface area (Å²) in [5, 5.41) is 23.1. The summed E-state index contributed by atoms with van der Waals surface area (Å²) >= 11 is 6.44. The molecule has 13 heteroatoms. The number of ether oxygens (including phenoxy) is 1. The zero-order valence-corrected chi connectivity index (χ0v) is 21.2. The van der Waals surface area contributed by atoms with Crippen LogP contribution in [0.1, 0.15) is 27.0 Å². The summed E-state index contributed by atoms with van der Waals surface area (Å²) in [6.07, 6.45) is -2.56. The first kappa shape index (κ1) is 27.0. The SMILES string of the molecule is Cc1ccc(C(=O)/C=C/c2cc(Br)cc(Br)c2Oc2c([N+](=O)[O-])cc(C(F)(F)F)cc2[N+](=O)[O-])cc1. The van der Waals surface area contributed by atoms with Gasteiger partial charge in [0.25, 0.3) is 5.75 Å². The van der Waals surface area contributed by atoms with Crippen LogP contribution in [0.25, 0.3) is 6.08 Å². The number of aryl methyl sites for hydroxylation is 1. The van der Waals surface area contributed by atoms with Crippen LogP contribution in [0.4, 0.5) is 24.5 Å². The van der Waals surface area contributed by atoms with Crippen LogP contribution in [0.15, 0.2) is 63.6 Å². The molecule has 0 bridgehead atoms. The molecule has 3 rings (SSSR count). The summed E-state index contributed by atoms with van der Waals surface area (Å²) < 4.78 is 45.8. The van der Waals surface area contributed by atoms with Crippen LogP contribution in [0.5, 0.6) is 11.5 Å². The largest absolute Gasteiger partial charge is 0.442 e. The second-order valence-corrected chi connectivity index (χ2v) is 9.10. The molecule has 0 aliphatic rings. The van der Waals surface area contributed by atoms with Crippen molar-refractivity contribution in [3.8, 4) is 11.5 Å². The molecule has 0 spiro atoms. The molecule has 0 aliphatic heterocycles. The lowest BCUT2D eigenvalue weighted by Gasteiger charge is -2.14. The summed E-state index contributed by atoms with van der Waals surface area (Å²) in [5.41, 5.74) is -2.61. The van der Waals surface area contributed by atoms with Crippen molar-refractivity contribution in [2.24, 2.45) is 0 Å². The van der Waals surface area contributed by atoms with Crippen molar-refractivity contribution in [3.63, 3.8) is 0 Å². The minimum atomic E-state index is -5.07. The molecule has 3 aromatic rings. The first-order valence-corrected chi connectivity index (χ1v) is 11.4. The summed E-state index contributed by atoms with van der Waals surface area (Å²) in [4.78, 5) is 33.2. The fourth-order valence-electron chi connectivity index (χ4n) is 3.03. The maximum Gasteiger partial charge on any atom is 0.416 e. The van der Waals surface area contributed by atoms with E-state index in [4.69, 9.17) is 4.74 Å². The maximum absolute atomic E-state index is 13.2. The van der Waals surface area contributed by atoms with Gasteiger partial charge < -0.3 is 4.74 Å². The summed E-state index contributed by atoms with van der Waals surface area (Å²) in [5.74, 6) is -1.58. The van der Waals surface area contributed by atoms with Gasteiger partial charge in [-0.1, -0.05) is 45.8 Å². The van der Waals surface area contributed by atoms with E-state index in [2.05, 4.69) is 31.9 Å². The molecule has 0 atom stereocenters. The van der Waals surface area contributed by atoms with E-state index < -0.39 is 38.7 Å². The predicted octanol–water partition coefficient (Wildman–Crippen LogP) is 8.04. The number of rotatable bonds is 7. The molecular formula is C23H13Br2F3N2O6. The minimum Gasteiger partial charge on any atom is -0.442 e. The minimum absolute atomic E-state index is 0.153. The Kier molecular flexibility index (Phi) is 7.94. The first-order chi connectivity index (χ1) is 16.8. The number of ketones is 1. The first-order valence-electron chi connectivity index (χ1n) is 9.78. The molecule has 0 unspecified atom stereocenters. The van der Waals surface area contributed by atoms with Crippen molar-refractivity contribution in [1.82, 2.24) is 0 Å². The lowest BCUT2D eigenvalue weighted by Crippen LogP contribution is -2.08. The molecule has 36 heavy (non-hydrogen) atoms. The molecule has 8 nitrogen and oxygen atoms in total. The number of allylic oxidation sites excluding steroid dienone is 1. The molecule has 3 aromatic carbocycles. The van der Waals surface area contributed by atoms with Crippen molar-refractivity contribution in [1.29, 1.82) is 0 Å². The molecule has 0 heterocycles. The van der Waals surface area contributed by atoms with E-state index in [0.717, 1.165) is 5.56 Å². The van der Waals surface area contributed by atoms with Gasteiger partial charge in [0.05, 0.1) is 19.9 Å². The van der Waals surface area contributed by atoms with Crippen LogP contribution >= 0.6 is 31.9 Å². The fourth-order valence-corrected chi connectivity index (χ4v) is 4.37. The van der Waals surface area contributed by atoms with Gasteiger partial charge in [0.2, 0.25) is 0 Å². The second-order valence-electron chi connectivity index (χ2n) is 7.33. The lowest BCUT2D eigenvalue weighted by molar-refractivity contribution is -0.396. The van der Waals surface area contributed by atoms with Gasteiger partial charge in [-0.25, -0.2) is 0 Å². The van der Waals surface area contributed by atoms with Crippen LogP contribution in [0.3, 0.4) is 0 Å². The summed E-state index contributed by atoms with van der Waals surface area (Å²) in [6, 6.07) is 9.95. The maximum atomic E-state index is 13.2. The number of carbonyl (C=O) groups excluding carboxylic acids is 1. The molecular weight excluding hydrogens is 617 g/mol. The fraction of sp³-hybridized carbons (Fsp3) is 0.0870. The third-order valence-corrected chi connectivity index (χ3v) is 5.81. The Morgan fingerprint density at radius 1 is 0.944 bits per heavy atom. The number of halogens is 5. The third-order valence-electron chi connectivity index (χ3n) is 4.76. The number of hydrogen-bond donors (Lipinski definition) is 0. The highest BCUT2D eigenvalue weighted by molar-refractivity contribution is 9.11. The number of nitro benzene ring substituents is 2. The monoisotopic (exact) mass is 628 g/mol. The van der Waals surface area contributed by atoms with Gasteiger partial charge in [-0.3, -0.25) is 25.0 Å². The third kappa shape index (κ3) is 6.15. The molecule has 186 valence electrons. The number of carbonyl (C=O) groups is 1. The average molecular weight is 630 g/mol. The highest BCUT2D eigenvalue weighted by Crippen LogP contribution is 2.47. The lowest BCUT2D eigenvalue weighted by atomic mass is 10.1. The predicted molar refractivity (Wildman–Crippen MR) is 131 cm³/mol. The van der Waals surface area contributed by atoms with Gasteiger partial charge in [-0.15, -0.1) is 0 Å². The van der Waals surface area contributed by atoms with Crippen LogP contribution in [-0.4, -0.2) is 15.6 Å². The molecule has 0 saturated heterocycles. The van der Waals surface area contributed by atoms with E-state index >= 15 is 0 Å². The highest BCUT2D eigenvalue weighted by atomic mass is 79.9. The van der Waals surface area contributed by atoms with Gasteiger partial charge >= 0.3 is 17.6 Å². The Labute approximate surface area is 217 Å². The molecule has 0 fully saturated rings. The standard InChI is InChI=1S/C23H13Br2F3N2O6/c1-12-2-4-13(5-3-12)20(31)7-6-14-8-16(24)11-17(25)21(14)36-22-18(29(32)33)9-15(23(26,27)28)10-19(22)30(34)35/h2-11H,1H3/b7-6+. The Morgan fingerprint density at radius 3 is 2.00 bits per heavy atom. The van der Waals surface area contributed by atoms with Crippen LogP contribution in [0.2, 0.25) is 0 Å². The molecule has 0 saturated carbocycles. The van der Waals surface area contributed by atoms with Crippen molar-refractivity contribution >= 4 is 55.1 Å². The van der Waals surface area contributed by atoms with E-state index in [1.807, 2.05) is 6.92 Å². The average Bonchev–Trinajstić information content (AvgIpc) is 2.78. The van der Waals surface area contributed by atoms with E-state index in [-0.39, 0.29) is 33.7 Å². The number of benzene rings is 3. The normalized spacial score (nSPS) is 11.5. The highest BCUT2D eigenvalue weighted by Gasteiger charge is 2.39. The Morgan fingerprint density at radius 2 is 1.50 bits per heavy atom. The smallest absolute Gasteiger partial charge is 0.416 e. The van der Waals surface area contributed by atoms with Crippen molar-refractivity contribution in [3.05, 3.63) is 106 Å². The van der Waals surface area contributed by atoms with Crippen LogP contribution < -0.4 is 4.74 Å². The van der Waals surface area contributed by atoms with Crippen molar-refractivity contribution in [2.75, 3.05) is 0 Å². The van der Waals surface area contributed by atoms with Gasteiger partial charge in [-0.05, 0) is 47.1 Å². The van der Waals surface area contributed by atoms with Crippen LogP contribution in [0, 0.1) is 27.2 Å². The van der Waals surface area contributed by atoms with Gasteiger partial charge in [0.15, 0.2) is 5.78 Å². The quantitative estimate of drug-likeness (QED) is 0.113. The second kappa shape index (κ2) is 10.6. The summed E-state index contributed by atoms with van der Waals surface area (Å²) in [6.45, 7) is 1.85. The number of nitro groups is 2. The topological polar surface area (TPSA) is 113 Å². The van der Waals surface area contributed by atoms with Crippen molar-refractivity contribution < 1.29 is 32.5 Å². The zero-order valence-electron chi connectivity index (χ0n) is 18.0. The zero-order chi connectivity index (χ0) is 26.8. The summed E-state index contributed by atoms with van der Waals surface area (Å²) in [7, 11) is 0. The van der Waals surface area contributed by atoms with Gasteiger partial charge in [-0.2, -0.15) is 13.2 Å². The Balaban J connectivity index is 2.14. The molecule has 0 amide bonds. The number of nitrogens with zero attached hydrogens (tertiary/aromatic N) is 2. The Bertz CT molecular complexity index is 1370. The molecule has 0 N–H and O–H groups in total. The molecule has 0 aliphatic carbocycles. The van der Waals surface area contributed by atoms with Gasteiger partial charge in [0.1, 0.15) is 5.75 Å². The number of alkyl halides is 3. The van der Waals surface area contributed by atoms with Crippen molar-refractivity contribution in [2.45, 2.75) is 13.1 Å². The number of hydrogen-bond acceptors (Lipinski definition) is 6. The van der Waals surface area contributed by atoms with E-state index in [1.165, 1.54) is 24.3 Å². The van der Waals surface area contributed by atoms with E-state index in [1.54, 1.807) is 24.3 Å².